The molecule has 0 saturated carbocycles. The van der Waals surface area contributed by atoms with Crippen molar-refractivity contribution in [2.24, 2.45) is 0 Å². The number of hydrogen-bond acceptors (Lipinski definition) is 4. The van der Waals surface area contributed by atoms with Crippen LogP contribution in [0.4, 0.5) is 13.2 Å². The monoisotopic (exact) mass is 373 g/mol. The number of benzene rings is 1. The zero-order chi connectivity index (χ0) is 17.3. The Bertz CT molecular complexity index is 865. The summed E-state index contributed by atoms with van der Waals surface area (Å²) in [5.41, 5.74) is 0.337. The minimum Gasteiger partial charge on any atom is -0.497 e. The van der Waals surface area contributed by atoms with Crippen LogP contribution in [0.2, 0.25) is 5.02 Å². The predicted molar refractivity (Wildman–Crippen MR) is 85.6 cm³/mol. The average Bonchev–Trinajstić information content (AvgIpc) is 2.96. The second-order valence-corrected chi connectivity index (χ2v) is 6.24. The molecule has 1 aromatic carbocycles. The Kier molecular flexibility index (Phi) is 4.60. The summed E-state index contributed by atoms with van der Waals surface area (Å²) in [4.78, 5) is 0. The molecule has 0 spiro atoms. The van der Waals surface area contributed by atoms with E-state index in [0.717, 1.165) is 23.6 Å². The maximum Gasteiger partial charge on any atom is 0.417 e. The van der Waals surface area contributed by atoms with Crippen LogP contribution in [0, 0.1) is 0 Å². The van der Waals surface area contributed by atoms with Crippen molar-refractivity contribution in [1.29, 1.82) is 0 Å². The zero-order valence-corrected chi connectivity index (χ0v) is 13.9. The first-order valence-corrected chi connectivity index (χ1v) is 8.12. The van der Waals surface area contributed by atoms with Gasteiger partial charge in [0, 0.05) is 11.9 Å². The molecule has 9 heteroatoms. The fraction of sp³-hybridized carbons (Fsp3) is 0.200. The summed E-state index contributed by atoms with van der Waals surface area (Å²) in [5, 5.41) is 8.03. The van der Waals surface area contributed by atoms with E-state index in [9.17, 15) is 13.2 Å². The molecule has 0 atom stereocenters. The fourth-order valence-corrected chi connectivity index (χ4v) is 3.17. The number of fused-ring (bicyclic) bond motifs is 1. The summed E-state index contributed by atoms with van der Waals surface area (Å²) >= 11 is 7.16. The Morgan fingerprint density at radius 1 is 1.21 bits per heavy atom. The van der Waals surface area contributed by atoms with Gasteiger partial charge < -0.3 is 4.74 Å². The van der Waals surface area contributed by atoms with Gasteiger partial charge in [-0.15, -0.1) is 10.2 Å². The maximum absolute atomic E-state index is 12.9. The second kappa shape index (κ2) is 6.52. The number of nitrogens with zero attached hydrogens (tertiary/aromatic N) is 3. The molecular formula is C15H11ClF3N3OS. The molecule has 0 amide bonds. The molecule has 0 fully saturated rings. The molecule has 126 valence electrons. The van der Waals surface area contributed by atoms with Crippen LogP contribution in [0.3, 0.4) is 0 Å². The fourth-order valence-electron chi connectivity index (χ4n) is 2.06. The first-order valence-electron chi connectivity index (χ1n) is 6.75. The van der Waals surface area contributed by atoms with E-state index < -0.39 is 11.7 Å². The molecule has 3 aromatic rings. The lowest BCUT2D eigenvalue weighted by molar-refractivity contribution is -0.137. The molecule has 0 aliphatic rings. The maximum atomic E-state index is 12.9. The van der Waals surface area contributed by atoms with Crippen molar-refractivity contribution < 1.29 is 17.9 Å². The van der Waals surface area contributed by atoms with Gasteiger partial charge >= 0.3 is 6.18 Å². The topological polar surface area (TPSA) is 39.4 Å². The number of pyridine rings is 1. The van der Waals surface area contributed by atoms with Gasteiger partial charge in [-0.3, -0.25) is 4.40 Å². The number of rotatable bonds is 4. The third-order valence-corrected chi connectivity index (χ3v) is 4.58. The van der Waals surface area contributed by atoms with E-state index in [4.69, 9.17) is 16.3 Å². The van der Waals surface area contributed by atoms with Gasteiger partial charge in [0.1, 0.15) is 5.75 Å². The van der Waals surface area contributed by atoms with Gasteiger partial charge in [0.25, 0.3) is 0 Å². The molecule has 24 heavy (non-hydrogen) atoms. The second-order valence-electron chi connectivity index (χ2n) is 4.89. The largest absolute Gasteiger partial charge is 0.497 e. The average molecular weight is 374 g/mol. The molecule has 0 N–H and O–H groups in total. The Morgan fingerprint density at radius 3 is 2.54 bits per heavy atom. The highest BCUT2D eigenvalue weighted by atomic mass is 35.5. The highest BCUT2D eigenvalue weighted by Gasteiger charge is 2.32. The Morgan fingerprint density at radius 2 is 1.92 bits per heavy atom. The van der Waals surface area contributed by atoms with Crippen molar-refractivity contribution in [2.45, 2.75) is 17.1 Å². The standard InChI is InChI=1S/C15H11ClF3N3OS/c1-23-11-4-2-9(3-5-11)8-24-14-21-20-13-12(16)6-10(7-22(13)14)15(17,18)19/h2-7H,8H2,1H3. The summed E-state index contributed by atoms with van der Waals surface area (Å²) in [6.07, 6.45) is -3.53. The lowest BCUT2D eigenvalue weighted by atomic mass is 10.2. The number of halogens is 4. The number of methoxy groups -OCH3 is 1. The van der Waals surface area contributed by atoms with Crippen molar-refractivity contribution in [2.75, 3.05) is 7.11 Å². The van der Waals surface area contributed by atoms with E-state index in [2.05, 4.69) is 10.2 Å². The lowest BCUT2D eigenvalue weighted by Gasteiger charge is -2.08. The highest BCUT2D eigenvalue weighted by Crippen LogP contribution is 2.33. The van der Waals surface area contributed by atoms with Gasteiger partial charge in [-0.05, 0) is 23.8 Å². The van der Waals surface area contributed by atoms with Crippen LogP contribution < -0.4 is 4.74 Å². The van der Waals surface area contributed by atoms with Gasteiger partial charge in [0.05, 0.1) is 17.7 Å². The summed E-state index contributed by atoms with van der Waals surface area (Å²) in [6, 6.07) is 8.24. The molecule has 0 bridgehead atoms. The van der Waals surface area contributed by atoms with E-state index >= 15 is 0 Å². The van der Waals surface area contributed by atoms with Gasteiger partial charge in [0.2, 0.25) is 0 Å². The van der Waals surface area contributed by atoms with Crippen molar-refractivity contribution in [3.05, 3.63) is 52.7 Å². The predicted octanol–water partition coefficient (Wildman–Crippen LogP) is 4.70. The van der Waals surface area contributed by atoms with Crippen LogP contribution in [0.5, 0.6) is 5.75 Å². The van der Waals surface area contributed by atoms with Crippen LogP contribution >= 0.6 is 23.4 Å². The smallest absolute Gasteiger partial charge is 0.417 e. The Balaban J connectivity index is 1.87. The number of aromatic nitrogens is 3. The first kappa shape index (κ1) is 16.9. The molecule has 0 unspecified atom stereocenters. The normalized spacial score (nSPS) is 11.9. The highest BCUT2D eigenvalue weighted by molar-refractivity contribution is 7.98. The molecular weight excluding hydrogens is 363 g/mol. The first-order chi connectivity index (χ1) is 11.4. The van der Waals surface area contributed by atoms with Gasteiger partial charge in [-0.1, -0.05) is 35.5 Å². The Hall–Kier alpha value is -1.93. The Labute approximate surface area is 144 Å². The number of ether oxygens (including phenoxy) is 1. The molecule has 3 rings (SSSR count). The number of thioether (sulfide) groups is 1. The summed E-state index contributed by atoms with van der Waals surface area (Å²) in [6.45, 7) is 0. The van der Waals surface area contributed by atoms with E-state index in [1.54, 1.807) is 7.11 Å². The zero-order valence-electron chi connectivity index (χ0n) is 12.3. The van der Waals surface area contributed by atoms with Crippen LogP contribution in [-0.4, -0.2) is 21.7 Å². The molecule has 4 nitrogen and oxygen atoms in total. The summed E-state index contributed by atoms with van der Waals surface area (Å²) < 4.78 is 45.1. The van der Waals surface area contributed by atoms with Gasteiger partial charge in [-0.25, -0.2) is 0 Å². The van der Waals surface area contributed by atoms with Crippen molar-refractivity contribution in [3.63, 3.8) is 0 Å². The quantitative estimate of drug-likeness (QED) is 0.621. The van der Waals surface area contributed by atoms with Crippen LogP contribution in [0.1, 0.15) is 11.1 Å². The molecule has 0 aliphatic carbocycles. The molecule has 0 radical (unpaired) electrons. The van der Waals surface area contributed by atoms with Gasteiger partial charge in [-0.2, -0.15) is 13.2 Å². The summed E-state index contributed by atoms with van der Waals surface area (Å²) in [7, 11) is 1.58. The minimum absolute atomic E-state index is 0.0892. The van der Waals surface area contributed by atoms with E-state index in [1.807, 2.05) is 24.3 Å². The van der Waals surface area contributed by atoms with E-state index in [0.29, 0.717) is 10.9 Å². The number of alkyl halides is 3. The number of hydrogen-bond donors (Lipinski definition) is 0. The third-order valence-electron chi connectivity index (χ3n) is 3.28. The van der Waals surface area contributed by atoms with Crippen LogP contribution in [0.25, 0.3) is 5.65 Å². The van der Waals surface area contributed by atoms with E-state index in [-0.39, 0.29) is 10.7 Å². The van der Waals surface area contributed by atoms with Gasteiger partial charge in [0.15, 0.2) is 10.8 Å². The van der Waals surface area contributed by atoms with Crippen LogP contribution in [0.15, 0.2) is 41.7 Å². The van der Waals surface area contributed by atoms with Crippen LogP contribution in [-0.2, 0) is 11.9 Å². The van der Waals surface area contributed by atoms with E-state index in [1.165, 1.54) is 16.2 Å². The molecule has 0 aliphatic heterocycles. The minimum atomic E-state index is -4.49. The SMILES string of the molecule is COc1ccc(CSc2nnc3c(Cl)cc(C(F)(F)F)cn23)cc1. The molecule has 2 heterocycles. The van der Waals surface area contributed by atoms with Crippen molar-refractivity contribution in [3.8, 4) is 5.75 Å². The third kappa shape index (κ3) is 3.44. The lowest BCUT2D eigenvalue weighted by Crippen LogP contribution is -2.07. The molecule has 0 saturated heterocycles. The van der Waals surface area contributed by atoms with Crippen molar-refractivity contribution >= 4 is 29.0 Å². The van der Waals surface area contributed by atoms with Crippen molar-refractivity contribution in [1.82, 2.24) is 14.6 Å². The molecule has 2 aromatic heterocycles. The summed E-state index contributed by atoms with van der Waals surface area (Å²) in [5.74, 6) is 1.26.